The van der Waals surface area contributed by atoms with Crippen molar-refractivity contribution in [3.63, 3.8) is 0 Å². The molecule has 0 rings (SSSR count). The summed E-state index contributed by atoms with van der Waals surface area (Å²) in [6.07, 6.45) is 1.33. The third kappa shape index (κ3) is 11.3. The maximum absolute atomic E-state index is 10.1. The quantitative estimate of drug-likeness (QED) is 0.553. The number of carbonyl (C=O) groups is 1. The molecule has 0 aromatic rings. The van der Waals surface area contributed by atoms with Crippen LogP contribution in [0.2, 0.25) is 0 Å². The summed E-state index contributed by atoms with van der Waals surface area (Å²) in [7, 11) is 1.85. The van der Waals surface area contributed by atoms with Crippen molar-refractivity contribution in [2.45, 2.75) is 12.8 Å². The van der Waals surface area contributed by atoms with E-state index in [0.717, 1.165) is 13.0 Å². The Bertz CT molecular complexity index is 77.4. The van der Waals surface area contributed by atoms with Gasteiger partial charge in [-0.15, -0.1) is 12.4 Å². The minimum Gasteiger partial charge on any atom is -0.370 e. The molecule has 4 heteroatoms. The van der Waals surface area contributed by atoms with E-state index in [2.05, 4.69) is 5.32 Å². The van der Waals surface area contributed by atoms with Crippen LogP contribution in [-0.4, -0.2) is 19.5 Å². The summed E-state index contributed by atoms with van der Waals surface area (Å²) in [5, 5.41) is 2.92. The summed E-state index contributed by atoms with van der Waals surface area (Å²) < 4.78 is 0. The second-order valence-corrected chi connectivity index (χ2v) is 1.67. The summed E-state index contributed by atoms with van der Waals surface area (Å²) in [5.74, 6) is -0.222. The molecule has 0 unspecified atom stereocenters. The predicted molar refractivity (Wildman–Crippen MR) is 39.6 cm³/mol. The summed E-state index contributed by atoms with van der Waals surface area (Å²) in [6, 6.07) is 0. The van der Waals surface area contributed by atoms with Gasteiger partial charge in [0.2, 0.25) is 5.91 Å². The molecule has 0 aromatic heterocycles. The van der Waals surface area contributed by atoms with Crippen LogP contribution in [0.5, 0.6) is 0 Å². The Balaban J connectivity index is 0. The molecule has 0 fully saturated rings. The van der Waals surface area contributed by atoms with E-state index in [1.54, 1.807) is 0 Å². The predicted octanol–water partition coefficient (Wildman–Crippen LogP) is -0.107. The lowest BCUT2D eigenvalue weighted by Crippen LogP contribution is -2.14. The molecule has 0 aliphatic heterocycles. The zero-order chi connectivity index (χ0) is 6.41. The lowest BCUT2D eigenvalue weighted by atomic mass is 10.3. The van der Waals surface area contributed by atoms with Gasteiger partial charge >= 0.3 is 0 Å². The van der Waals surface area contributed by atoms with Crippen LogP contribution in [0.4, 0.5) is 0 Å². The van der Waals surface area contributed by atoms with Gasteiger partial charge in [-0.3, -0.25) is 4.79 Å². The van der Waals surface area contributed by atoms with Gasteiger partial charge in [-0.25, -0.2) is 0 Å². The van der Waals surface area contributed by atoms with Gasteiger partial charge in [0.05, 0.1) is 0 Å². The van der Waals surface area contributed by atoms with Gasteiger partial charge in [-0.1, -0.05) is 0 Å². The highest BCUT2D eigenvalue weighted by Crippen LogP contribution is 1.81. The van der Waals surface area contributed by atoms with Gasteiger partial charge in [0.15, 0.2) is 0 Å². The Morgan fingerprint density at radius 2 is 2.22 bits per heavy atom. The highest BCUT2D eigenvalue weighted by molar-refractivity contribution is 5.85. The number of hydrogen-bond donors (Lipinski definition) is 2. The van der Waals surface area contributed by atoms with E-state index >= 15 is 0 Å². The lowest BCUT2D eigenvalue weighted by molar-refractivity contribution is -0.118. The molecule has 0 aromatic carbocycles. The van der Waals surface area contributed by atoms with E-state index < -0.39 is 0 Å². The number of nitrogens with two attached hydrogens (primary N) is 1. The third-order valence-corrected chi connectivity index (χ3v) is 0.850. The molecule has 0 saturated carbocycles. The van der Waals surface area contributed by atoms with Crippen LogP contribution in [0.25, 0.3) is 0 Å². The second-order valence-electron chi connectivity index (χ2n) is 1.67. The minimum atomic E-state index is -0.222. The minimum absolute atomic E-state index is 0. The summed E-state index contributed by atoms with van der Waals surface area (Å²) in [6.45, 7) is 0.864. The zero-order valence-corrected chi connectivity index (χ0v) is 6.33. The Morgan fingerprint density at radius 3 is 2.56 bits per heavy atom. The van der Waals surface area contributed by atoms with E-state index in [9.17, 15) is 4.79 Å². The fraction of sp³-hybridized carbons (Fsp3) is 0.800. The van der Waals surface area contributed by atoms with Gasteiger partial charge in [0, 0.05) is 6.42 Å². The van der Waals surface area contributed by atoms with Crippen LogP contribution in [0.15, 0.2) is 0 Å². The first-order valence-corrected chi connectivity index (χ1v) is 2.70. The van der Waals surface area contributed by atoms with Crippen LogP contribution in [0, 0.1) is 0 Å². The van der Waals surface area contributed by atoms with E-state index in [1.807, 2.05) is 7.05 Å². The van der Waals surface area contributed by atoms with Crippen LogP contribution >= 0.6 is 12.4 Å². The van der Waals surface area contributed by atoms with E-state index in [-0.39, 0.29) is 18.3 Å². The number of nitrogens with one attached hydrogen (secondary N) is 1. The van der Waals surface area contributed by atoms with Crippen LogP contribution in [0.3, 0.4) is 0 Å². The Morgan fingerprint density at radius 1 is 1.67 bits per heavy atom. The first-order valence-electron chi connectivity index (χ1n) is 2.70. The van der Waals surface area contributed by atoms with Crippen molar-refractivity contribution < 1.29 is 4.79 Å². The van der Waals surface area contributed by atoms with Crippen LogP contribution < -0.4 is 11.1 Å². The molecular formula is C5H13ClN2O. The second kappa shape index (κ2) is 7.72. The van der Waals surface area contributed by atoms with E-state index in [4.69, 9.17) is 5.73 Å². The topological polar surface area (TPSA) is 55.1 Å². The number of carbonyl (C=O) groups excluding carboxylic acids is 1. The molecule has 0 saturated heterocycles. The molecule has 0 heterocycles. The largest absolute Gasteiger partial charge is 0.370 e. The number of primary amides is 1. The van der Waals surface area contributed by atoms with Crippen LogP contribution in [-0.2, 0) is 4.79 Å². The summed E-state index contributed by atoms with van der Waals surface area (Å²) in [5.41, 5.74) is 4.87. The van der Waals surface area contributed by atoms with Gasteiger partial charge in [0.25, 0.3) is 0 Å². The normalized spacial score (nSPS) is 8.11. The molecule has 1 amide bonds. The van der Waals surface area contributed by atoms with Gasteiger partial charge in [-0.05, 0) is 20.0 Å². The maximum Gasteiger partial charge on any atom is 0.217 e. The van der Waals surface area contributed by atoms with E-state index in [0.29, 0.717) is 6.42 Å². The Labute approximate surface area is 61.4 Å². The molecule has 0 bridgehead atoms. The Hall–Kier alpha value is -0.280. The van der Waals surface area contributed by atoms with Gasteiger partial charge in [-0.2, -0.15) is 0 Å². The summed E-state index contributed by atoms with van der Waals surface area (Å²) >= 11 is 0. The molecular weight excluding hydrogens is 140 g/mol. The molecule has 0 atom stereocenters. The standard InChI is InChI=1S/C5H12N2O.ClH/c1-7-4-2-3-5(6)8;/h7H,2-4H2,1H3,(H2,6,8);1H. The monoisotopic (exact) mass is 152 g/mol. The zero-order valence-electron chi connectivity index (χ0n) is 5.52. The summed E-state index contributed by atoms with van der Waals surface area (Å²) in [4.78, 5) is 10.1. The number of amides is 1. The van der Waals surface area contributed by atoms with Crippen molar-refractivity contribution in [2.75, 3.05) is 13.6 Å². The highest BCUT2D eigenvalue weighted by atomic mass is 35.5. The van der Waals surface area contributed by atoms with Crippen molar-refractivity contribution in [2.24, 2.45) is 5.73 Å². The maximum atomic E-state index is 10.1. The van der Waals surface area contributed by atoms with Gasteiger partial charge in [0.1, 0.15) is 0 Å². The molecule has 0 aliphatic carbocycles. The van der Waals surface area contributed by atoms with Gasteiger partial charge < -0.3 is 11.1 Å². The molecule has 9 heavy (non-hydrogen) atoms. The SMILES string of the molecule is CNCCCC(N)=O.Cl. The molecule has 0 aliphatic rings. The van der Waals surface area contributed by atoms with Crippen molar-refractivity contribution in [1.82, 2.24) is 5.32 Å². The average Bonchev–Trinajstić information content (AvgIpc) is 1.66. The van der Waals surface area contributed by atoms with Crippen molar-refractivity contribution in [3.8, 4) is 0 Å². The van der Waals surface area contributed by atoms with Crippen molar-refractivity contribution in [3.05, 3.63) is 0 Å². The number of halogens is 1. The number of rotatable bonds is 4. The fourth-order valence-electron chi connectivity index (χ4n) is 0.439. The molecule has 3 N–H and O–H groups in total. The third-order valence-electron chi connectivity index (χ3n) is 0.850. The highest BCUT2D eigenvalue weighted by Gasteiger charge is 1.89. The first kappa shape index (κ1) is 11.5. The number of hydrogen-bond acceptors (Lipinski definition) is 2. The molecule has 0 spiro atoms. The lowest BCUT2D eigenvalue weighted by Gasteiger charge is -1.93. The van der Waals surface area contributed by atoms with E-state index in [1.165, 1.54) is 0 Å². The van der Waals surface area contributed by atoms with Crippen molar-refractivity contribution >= 4 is 18.3 Å². The first-order chi connectivity index (χ1) is 3.77. The molecule has 56 valence electrons. The Kier molecular flexibility index (Phi) is 9.87. The molecule has 0 radical (unpaired) electrons. The van der Waals surface area contributed by atoms with Crippen molar-refractivity contribution in [1.29, 1.82) is 0 Å². The fourth-order valence-corrected chi connectivity index (χ4v) is 0.439. The smallest absolute Gasteiger partial charge is 0.217 e. The average molecular weight is 153 g/mol. The van der Waals surface area contributed by atoms with Crippen LogP contribution in [0.1, 0.15) is 12.8 Å². The molecule has 3 nitrogen and oxygen atoms in total.